The molecule has 0 unspecified atom stereocenters. The Kier molecular flexibility index (Phi) is 2.81. The van der Waals surface area contributed by atoms with E-state index in [1.165, 1.54) is 4.85 Å². The van der Waals surface area contributed by atoms with Gasteiger partial charge in [-0.3, -0.25) is 0 Å². The van der Waals surface area contributed by atoms with Gasteiger partial charge in [0.2, 0.25) is 0 Å². The van der Waals surface area contributed by atoms with Crippen LogP contribution in [0.1, 0.15) is 33.6 Å². The summed E-state index contributed by atoms with van der Waals surface area (Å²) in [7, 11) is 0. The van der Waals surface area contributed by atoms with Crippen LogP contribution in [0.4, 0.5) is 0 Å². The van der Waals surface area contributed by atoms with Crippen LogP contribution in [0, 0.1) is 0 Å². The molecule has 0 N–H and O–H groups in total. The Balaban J connectivity index is 2.34. The topological polar surface area (TPSA) is 39.9 Å². The number of fused-ring (bicyclic) bond motifs is 1. The van der Waals surface area contributed by atoms with Gasteiger partial charge in [0.15, 0.2) is 0 Å². The minimum absolute atomic E-state index is 0.184. The Labute approximate surface area is 95.2 Å². The highest BCUT2D eigenvalue weighted by Gasteiger charge is 2.23. The molecular formula is C12H17N3O. The third-order valence-corrected chi connectivity index (χ3v) is 3.12. The van der Waals surface area contributed by atoms with Gasteiger partial charge in [-0.25, -0.2) is 0 Å². The molecule has 0 aliphatic carbocycles. The first-order valence-electron chi connectivity index (χ1n) is 5.68. The van der Waals surface area contributed by atoms with Gasteiger partial charge in [0, 0.05) is 0 Å². The summed E-state index contributed by atoms with van der Waals surface area (Å²) in [5.41, 5.74) is 1.59. The molecule has 0 aliphatic rings. The summed E-state index contributed by atoms with van der Waals surface area (Å²) in [4.78, 5) is 7.43. The standard InChI is InChI=1S/C12H17N3O/c1-4-12(3,5-2)16-15-11-9-7-6-8-10(11)13-14-15/h6-9H,4-5H2,1-3H3. The first-order chi connectivity index (χ1) is 7.68. The Bertz CT molecular complexity index is 474. The van der Waals surface area contributed by atoms with Gasteiger partial charge in [-0.05, 0) is 37.1 Å². The lowest BCUT2D eigenvalue weighted by Crippen LogP contribution is -2.37. The van der Waals surface area contributed by atoms with Crippen molar-refractivity contribution in [1.82, 2.24) is 15.2 Å². The number of hydrogen-bond donors (Lipinski definition) is 0. The fourth-order valence-electron chi connectivity index (χ4n) is 1.50. The van der Waals surface area contributed by atoms with E-state index in [9.17, 15) is 0 Å². The molecule has 1 aromatic heterocycles. The van der Waals surface area contributed by atoms with Crippen LogP contribution in [-0.2, 0) is 0 Å². The van der Waals surface area contributed by atoms with Crippen LogP contribution in [0.25, 0.3) is 11.0 Å². The maximum absolute atomic E-state index is 5.90. The smallest absolute Gasteiger partial charge is 0.134 e. The lowest BCUT2D eigenvalue weighted by atomic mass is 10.0. The van der Waals surface area contributed by atoms with Crippen LogP contribution in [0.5, 0.6) is 0 Å². The van der Waals surface area contributed by atoms with E-state index in [1.54, 1.807) is 0 Å². The van der Waals surface area contributed by atoms with Crippen LogP contribution >= 0.6 is 0 Å². The van der Waals surface area contributed by atoms with Gasteiger partial charge in [0.25, 0.3) is 0 Å². The van der Waals surface area contributed by atoms with Gasteiger partial charge in [0.1, 0.15) is 16.6 Å². The van der Waals surface area contributed by atoms with E-state index < -0.39 is 0 Å². The average molecular weight is 219 g/mol. The fraction of sp³-hybridized carbons (Fsp3) is 0.500. The van der Waals surface area contributed by atoms with Crippen molar-refractivity contribution in [3.8, 4) is 0 Å². The second-order valence-electron chi connectivity index (χ2n) is 4.20. The molecule has 0 bridgehead atoms. The molecule has 0 saturated carbocycles. The molecule has 0 amide bonds. The molecule has 16 heavy (non-hydrogen) atoms. The van der Waals surface area contributed by atoms with Gasteiger partial charge in [-0.1, -0.05) is 30.8 Å². The van der Waals surface area contributed by atoms with Crippen LogP contribution in [-0.4, -0.2) is 20.8 Å². The zero-order valence-corrected chi connectivity index (χ0v) is 9.97. The molecule has 0 radical (unpaired) electrons. The Morgan fingerprint density at radius 2 is 1.94 bits per heavy atom. The van der Waals surface area contributed by atoms with Crippen LogP contribution in [0.3, 0.4) is 0 Å². The third kappa shape index (κ3) is 1.87. The molecule has 0 spiro atoms. The maximum Gasteiger partial charge on any atom is 0.134 e. The van der Waals surface area contributed by atoms with Crippen LogP contribution < -0.4 is 4.84 Å². The van der Waals surface area contributed by atoms with E-state index in [1.807, 2.05) is 24.3 Å². The van der Waals surface area contributed by atoms with E-state index >= 15 is 0 Å². The molecule has 2 rings (SSSR count). The van der Waals surface area contributed by atoms with Gasteiger partial charge < -0.3 is 4.84 Å². The van der Waals surface area contributed by atoms with Gasteiger partial charge >= 0.3 is 0 Å². The highest BCUT2D eigenvalue weighted by molar-refractivity contribution is 5.73. The molecule has 4 nitrogen and oxygen atoms in total. The number of benzene rings is 1. The molecule has 0 atom stereocenters. The first kappa shape index (κ1) is 10.9. The van der Waals surface area contributed by atoms with Crippen molar-refractivity contribution >= 4 is 11.0 Å². The zero-order valence-electron chi connectivity index (χ0n) is 9.97. The number of para-hydroxylation sites is 1. The lowest BCUT2D eigenvalue weighted by Gasteiger charge is -2.26. The van der Waals surface area contributed by atoms with Crippen molar-refractivity contribution in [2.75, 3.05) is 0 Å². The van der Waals surface area contributed by atoms with E-state index in [0.29, 0.717) is 0 Å². The lowest BCUT2D eigenvalue weighted by molar-refractivity contribution is -0.0590. The molecule has 4 heteroatoms. The highest BCUT2D eigenvalue weighted by atomic mass is 16.7. The Hall–Kier alpha value is -1.58. The number of rotatable bonds is 4. The van der Waals surface area contributed by atoms with E-state index in [0.717, 1.165) is 23.9 Å². The predicted octanol–water partition coefficient (Wildman–Crippen LogP) is 2.44. The molecule has 0 aliphatic heterocycles. The minimum atomic E-state index is -0.184. The zero-order chi connectivity index (χ0) is 11.6. The second-order valence-corrected chi connectivity index (χ2v) is 4.20. The number of nitrogens with zero attached hydrogens (tertiary/aromatic N) is 3. The van der Waals surface area contributed by atoms with E-state index in [4.69, 9.17) is 4.84 Å². The predicted molar refractivity (Wildman–Crippen MR) is 63.1 cm³/mol. The summed E-state index contributed by atoms with van der Waals surface area (Å²) in [5.74, 6) is 0. The third-order valence-electron chi connectivity index (χ3n) is 3.12. The summed E-state index contributed by atoms with van der Waals surface area (Å²) >= 11 is 0. The highest BCUT2D eigenvalue weighted by Crippen LogP contribution is 2.18. The van der Waals surface area contributed by atoms with Crippen LogP contribution in [0.2, 0.25) is 0 Å². The second kappa shape index (κ2) is 4.12. The van der Waals surface area contributed by atoms with Gasteiger partial charge in [-0.15, -0.1) is 5.10 Å². The van der Waals surface area contributed by atoms with Crippen molar-refractivity contribution in [3.05, 3.63) is 24.3 Å². The van der Waals surface area contributed by atoms with E-state index in [2.05, 4.69) is 31.1 Å². The van der Waals surface area contributed by atoms with Crippen molar-refractivity contribution in [2.45, 2.75) is 39.2 Å². The molecule has 0 saturated heterocycles. The van der Waals surface area contributed by atoms with Gasteiger partial charge in [-0.2, -0.15) is 0 Å². The monoisotopic (exact) mass is 219 g/mol. The quantitative estimate of drug-likeness (QED) is 0.793. The Morgan fingerprint density at radius 1 is 1.25 bits per heavy atom. The molecule has 86 valence electrons. The number of hydrogen-bond acceptors (Lipinski definition) is 3. The van der Waals surface area contributed by atoms with Crippen molar-refractivity contribution in [3.63, 3.8) is 0 Å². The van der Waals surface area contributed by atoms with E-state index in [-0.39, 0.29) is 5.60 Å². The first-order valence-corrected chi connectivity index (χ1v) is 5.68. The summed E-state index contributed by atoms with van der Waals surface area (Å²) < 4.78 is 0. The van der Waals surface area contributed by atoms with Crippen molar-refractivity contribution < 1.29 is 4.84 Å². The maximum atomic E-state index is 5.90. The molecule has 0 fully saturated rings. The fourth-order valence-corrected chi connectivity index (χ4v) is 1.50. The average Bonchev–Trinajstić information content (AvgIpc) is 2.73. The van der Waals surface area contributed by atoms with Crippen molar-refractivity contribution in [2.24, 2.45) is 0 Å². The number of aromatic nitrogens is 3. The van der Waals surface area contributed by atoms with Crippen LogP contribution in [0.15, 0.2) is 24.3 Å². The molecular weight excluding hydrogens is 202 g/mol. The summed E-state index contributed by atoms with van der Waals surface area (Å²) in [6.07, 6.45) is 1.88. The Morgan fingerprint density at radius 3 is 2.62 bits per heavy atom. The van der Waals surface area contributed by atoms with Gasteiger partial charge in [0.05, 0.1) is 0 Å². The largest absolute Gasteiger partial charge is 0.389 e. The van der Waals surface area contributed by atoms with Crippen molar-refractivity contribution in [1.29, 1.82) is 0 Å². The molecule has 1 heterocycles. The SMILES string of the molecule is CCC(C)(CC)On1nnc2ccccc21. The summed E-state index contributed by atoms with van der Waals surface area (Å²) in [5, 5.41) is 8.08. The molecule has 2 aromatic rings. The summed E-state index contributed by atoms with van der Waals surface area (Å²) in [6.45, 7) is 6.31. The summed E-state index contributed by atoms with van der Waals surface area (Å²) in [6, 6.07) is 7.79. The minimum Gasteiger partial charge on any atom is -0.389 e. The molecule has 1 aromatic carbocycles. The normalized spacial score (nSPS) is 11.9.